The number of fused-ring (bicyclic) bond motifs is 2. The van der Waals surface area contributed by atoms with Gasteiger partial charge >= 0.3 is 0 Å². The zero-order valence-corrected chi connectivity index (χ0v) is 19.3. The minimum atomic E-state index is -0.0821. The Morgan fingerprint density at radius 2 is 2.09 bits per heavy atom. The van der Waals surface area contributed by atoms with Gasteiger partial charge in [0.1, 0.15) is 16.4 Å². The summed E-state index contributed by atoms with van der Waals surface area (Å²) in [6, 6.07) is 8.31. The molecule has 1 N–H and O–H groups in total. The van der Waals surface area contributed by atoms with Crippen molar-refractivity contribution < 1.29 is 9.53 Å². The first-order valence-electron chi connectivity index (χ1n) is 11.2. The van der Waals surface area contributed by atoms with E-state index in [9.17, 15) is 9.59 Å². The molecule has 0 bridgehead atoms. The van der Waals surface area contributed by atoms with Gasteiger partial charge in [0.25, 0.3) is 11.5 Å². The summed E-state index contributed by atoms with van der Waals surface area (Å²) < 4.78 is 7.08. The van der Waals surface area contributed by atoms with Crippen LogP contribution in [-0.4, -0.2) is 46.6 Å². The fraction of sp³-hybridized carbons (Fsp3) is 0.458. The number of carbonyl (C=O) groups is 1. The minimum Gasteiger partial charge on any atom is -0.497 e. The lowest BCUT2D eigenvalue weighted by Gasteiger charge is -2.32. The molecular weight excluding hydrogens is 424 g/mol. The van der Waals surface area contributed by atoms with Gasteiger partial charge in [-0.25, -0.2) is 4.98 Å². The maximum absolute atomic E-state index is 13.0. The van der Waals surface area contributed by atoms with Gasteiger partial charge in [-0.15, -0.1) is 11.3 Å². The minimum absolute atomic E-state index is 0.00107. The number of benzene rings is 1. The molecule has 1 fully saturated rings. The average Bonchev–Trinajstić information content (AvgIpc) is 3.40. The number of amides is 1. The van der Waals surface area contributed by atoms with Gasteiger partial charge in [0.05, 0.1) is 17.4 Å². The largest absolute Gasteiger partial charge is 0.497 e. The van der Waals surface area contributed by atoms with Crippen molar-refractivity contribution in [2.45, 2.75) is 51.7 Å². The van der Waals surface area contributed by atoms with Crippen LogP contribution in [0.15, 0.2) is 29.1 Å². The number of nitrogens with one attached hydrogen (secondary N) is 1. The normalized spacial score (nSPS) is 16.9. The topological polar surface area (TPSA) is 76.5 Å². The molecule has 4 heterocycles. The first-order chi connectivity index (χ1) is 15.5. The lowest BCUT2D eigenvalue weighted by molar-refractivity contribution is 0.0912. The van der Waals surface area contributed by atoms with Crippen LogP contribution in [0.4, 0.5) is 0 Å². The maximum atomic E-state index is 13.0. The van der Waals surface area contributed by atoms with Gasteiger partial charge in [-0.2, -0.15) is 0 Å². The number of piperidine rings is 1. The van der Waals surface area contributed by atoms with Crippen LogP contribution in [0.1, 0.15) is 45.9 Å². The Hall–Kier alpha value is -2.71. The fourth-order valence-electron chi connectivity index (χ4n) is 4.81. The van der Waals surface area contributed by atoms with E-state index in [4.69, 9.17) is 4.74 Å². The molecule has 0 spiro atoms. The maximum Gasteiger partial charge on any atom is 0.262 e. The number of rotatable bonds is 5. The van der Waals surface area contributed by atoms with E-state index in [-0.39, 0.29) is 17.5 Å². The molecule has 0 aliphatic carbocycles. The van der Waals surface area contributed by atoms with Crippen LogP contribution in [0.25, 0.3) is 10.2 Å². The van der Waals surface area contributed by atoms with E-state index in [1.54, 1.807) is 11.7 Å². The van der Waals surface area contributed by atoms with E-state index in [2.05, 4.69) is 27.3 Å². The summed E-state index contributed by atoms with van der Waals surface area (Å²) in [7, 11) is 1.69. The van der Waals surface area contributed by atoms with Crippen LogP contribution in [0.3, 0.4) is 0 Å². The summed E-state index contributed by atoms with van der Waals surface area (Å²) >= 11 is 1.35. The van der Waals surface area contributed by atoms with E-state index >= 15 is 0 Å². The van der Waals surface area contributed by atoms with Gasteiger partial charge in [0, 0.05) is 38.6 Å². The molecule has 7 nitrogen and oxygen atoms in total. The number of nitrogens with zero attached hydrogens (tertiary/aromatic N) is 3. The van der Waals surface area contributed by atoms with Crippen LogP contribution in [-0.2, 0) is 19.5 Å². The van der Waals surface area contributed by atoms with Crippen molar-refractivity contribution in [2.75, 3.05) is 20.2 Å². The van der Waals surface area contributed by atoms with Crippen LogP contribution in [0, 0.1) is 6.92 Å². The van der Waals surface area contributed by atoms with Crippen LogP contribution >= 0.6 is 11.3 Å². The van der Waals surface area contributed by atoms with Crippen molar-refractivity contribution in [3.63, 3.8) is 0 Å². The van der Waals surface area contributed by atoms with E-state index in [1.807, 2.05) is 19.1 Å². The molecule has 1 amide bonds. The highest BCUT2D eigenvalue weighted by molar-refractivity contribution is 7.20. The third-order valence-electron chi connectivity index (χ3n) is 6.58. The standard InChI is InChI=1S/C24H28N4O3S/c1-15-20-23(26-19-7-4-10-28(19)24(20)30)32-21(15)22(29)25-17-8-11-27(12-9-17)14-16-5-3-6-18(13-16)31-2/h3,5-6,13,17H,4,7-12,14H2,1-2H3,(H,25,29). The summed E-state index contributed by atoms with van der Waals surface area (Å²) in [5.74, 6) is 1.64. The second-order valence-electron chi connectivity index (χ2n) is 8.70. The lowest BCUT2D eigenvalue weighted by atomic mass is 10.0. The molecule has 0 saturated carbocycles. The molecule has 0 radical (unpaired) electrons. The number of ether oxygens (including phenoxy) is 1. The lowest BCUT2D eigenvalue weighted by Crippen LogP contribution is -2.44. The Bertz CT molecular complexity index is 1220. The highest BCUT2D eigenvalue weighted by Crippen LogP contribution is 2.29. The number of hydrogen-bond acceptors (Lipinski definition) is 6. The van der Waals surface area contributed by atoms with Crippen molar-refractivity contribution in [1.82, 2.24) is 19.8 Å². The predicted octanol–water partition coefficient (Wildman–Crippen LogP) is 3.12. The number of carbonyl (C=O) groups excluding carboxylic acids is 1. The molecule has 2 aromatic heterocycles. The average molecular weight is 453 g/mol. The fourth-order valence-corrected chi connectivity index (χ4v) is 5.90. The number of methoxy groups -OCH3 is 1. The van der Waals surface area contributed by atoms with Crippen molar-refractivity contribution in [2.24, 2.45) is 0 Å². The summed E-state index contributed by atoms with van der Waals surface area (Å²) in [4.78, 5) is 34.3. The Kier molecular flexibility index (Phi) is 5.73. The van der Waals surface area contributed by atoms with E-state index in [1.165, 1.54) is 16.9 Å². The predicted molar refractivity (Wildman–Crippen MR) is 126 cm³/mol. The highest BCUT2D eigenvalue weighted by atomic mass is 32.1. The molecule has 3 aromatic rings. The van der Waals surface area contributed by atoms with Gasteiger partial charge in [0.15, 0.2) is 0 Å². The van der Waals surface area contributed by atoms with Crippen molar-refractivity contribution in [3.05, 3.63) is 56.4 Å². The molecule has 8 heteroatoms. The van der Waals surface area contributed by atoms with Gasteiger partial charge < -0.3 is 10.1 Å². The number of thiophene rings is 1. The third-order valence-corrected chi connectivity index (χ3v) is 7.77. The van der Waals surface area contributed by atoms with E-state index in [0.29, 0.717) is 15.1 Å². The first-order valence-corrected chi connectivity index (χ1v) is 12.0. The van der Waals surface area contributed by atoms with Gasteiger partial charge in [0.2, 0.25) is 0 Å². The quantitative estimate of drug-likeness (QED) is 0.644. The molecule has 1 aromatic carbocycles. The zero-order chi connectivity index (χ0) is 22.2. The highest BCUT2D eigenvalue weighted by Gasteiger charge is 2.26. The Balaban J connectivity index is 1.23. The number of likely N-dealkylation sites (tertiary alicyclic amines) is 1. The Labute approximate surface area is 191 Å². The molecule has 0 atom stereocenters. The second-order valence-corrected chi connectivity index (χ2v) is 9.70. The Morgan fingerprint density at radius 3 is 2.88 bits per heavy atom. The van der Waals surface area contributed by atoms with Crippen LogP contribution in [0.2, 0.25) is 0 Å². The van der Waals surface area contributed by atoms with E-state index in [0.717, 1.165) is 69.0 Å². The molecule has 0 unspecified atom stereocenters. The van der Waals surface area contributed by atoms with Crippen LogP contribution < -0.4 is 15.6 Å². The Morgan fingerprint density at radius 1 is 1.28 bits per heavy atom. The van der Waals surface area contributed by atoms with Crippen LogP contribution in [0.5, 0.6) is 5.75 Å². The smallest absolute Gasteiger partial charge is 0.262 e. The summed E-state index contributed by atoms with van der Waals surface area (Å²) in [5, 5.41) is 3.81. The van der Waals surface area contributed by atoms with Crippen molar-refractivity contribution >= 4 is 27.5 Å². The van der Waals surface area contributed by atoms with Gasteiger partial charge in [-0.05, 0) is 49.4 Å². The first kappa shape index (κ1) is 21.2. The summed E-state index contributed by atoms with van der Waals surface area (Å²) in [6.45, 7) is 5.34. The van der Waals surface area contributed by atoms with E-state index < -0.39 is 0 Å². The molecule has 32 heavy (non-hydrogen) atoms. The van der Waals surface area contributed by atoms with Crippen molar-refractivity contribution in [3.8, 4) is 5.75 Å². The summed E-state index contributed by atoms with van der Waals surface area (Å²) in [5.41, 5.74) is 2.00. The summed E-state index contributed by atoms with van der Waals surface area (Å²) in [6.07, 6.45) is 3.62. The zero-order valence-electron chi connectivity index (χ0n) is 18.5. The van der Waals surface area contributed by atoms with Gasteiger partial charge in [-0.3, -0.25) is 19.1 Å². The molecular formula is C24H28N4O3S. The van der Waals surface area contributed by atoms with Gasteiger partial charge in [-0.1, -0.05) is 12.1 Å². The number of aromatic nitrogens is 2. The molecule has 5 rings (SSSR count). The third kappa shape index (κ3) is 3.93. The number of hydrogen-bond donors (Lipinski definition) is 1. The monoisotopic (exact) mass is 452 g/mol. The number of aryl methyl sites for hydroxylation is 2. The molecule has 168 valence electrons. The van der Waals surface area contributed by atoms with Crippen molar-refractivity contribution in [1.29, 1.82) is 0 Å². The molecule has 2 aliphatic rings. The molecule has 2 aliphatic heterocycles. The second kappa shape index (κ2) is 8.67. The molecule has 1 saturated heterocycles. The SMILES string of the molecule is COc1cccc(CN2CCC(NC(=O)c3sc4nc5n(c(=O)c4c3C)CCC5)CC2)c1.